The van der Waals surface area contributed by atoms with Gasteiger partial charge in [-0.25, -0.2) is 0 Å². The average molecular weight is 490 g/mol. The van der Waals surface area contributed by atoms with Gasteiger partial charge in [-0.15, -0.1) is 0 Å². The summed E-state index contributed by atoms with van der Waals surface area (Å²) in [5, 5.41) is 0.997. The van der Waals surface area contributed by atoms with E-state index >= 15 is 0 Å². The Labute approximate surface area is 212 Å². The van der Waals surface area contributed by atoms with Crippen molar-refractivity contribution in [3.63, 3.8) is 0 Å². The molecule has 0 atom stereocenters. The number of amides is 1. The Morgan fingerprint density at radius 2 is 1.83 bits per heavy atom. The maximum absolute atomic E-state index is 13.1. The lowest BCUT2D eigenvalue weighted by Gasteiger charge is -2.30. The van der Waals surface area contributed by atoms with E-state index in [1.54, 1.807) is 11.0 Å². The van der Waals surface area contributed by atoms with Gasteiger partial charge < -0.3 is 18.8 Å². The number of methoxy groups -OCH3 is 1. The van der Waals surface area contributed by atoms with E-state index < -0.39 is 0 Å². The second-order valence-corrected chi connectivity index (χ2v) is 9.61. The Balaban J connectivity index is 1.71. The van der Waals surface area contributed by atoms with E-state index in [1.165, 1.54) is 18.2 Å². The number of aryl methyl sites for hydroxylation is 3. The van der Waals surface area contributed by atoms with Crippen LogP contribution < -0.4 is 4.74 Å². The molecule has 1 fully saturated rings. The molecule has 0 N–H and O–H groups in total. The maximum Gasteiger partial charge on any atom is 0.308 e. The van der Waals surface area contributed by atoms with Gasteiger partial charge in [0.25, 0.3) is 0 Å². The number of hydrogen-bond donors (Lipinski definition) is 0. The van der Waals surface area contributed by atoms with Gasteiger partial charge in [-0.1, -0.05) is 23.8 Å². The van der Waals surface area contributed by atoms with Crippen LogP contribution >= 0.6 is 0 Å². The summed E-state index contributed by atoms with van der Waals surface area (Å²) in [4.78, 5) is 26.8. The van der Waals surface area contributed by atoms with Crippen LogP contribution in [0.2, 0.25) is 0 Å². The summed E-state index contributed by atoms with van der Waals surface area (Å²) in [5.41, 5.74) is 7.97. The molecule has 0 saturated carbocycles. The number of rotatable bonds is 6. The van der Waals surface area contributed by atoms with Crippen molar-refractivity contribution in [1.29, 1.82) is 0 Å². The zero-order valence-corrected chi connectivity index (χ0v) is 22.1. The molecule has 190 valence electrons. The van der Waals surface area contributed by atoms with Crippen LogP contribution in [0.25, 0.3) is 27.7 Å². The first-order chi connectivity index (χ1) is 17.2. The predicted octanol–water partition coefficient (Wildman–Crippen LogP) is 6.24. The molecule has 4 rings (SSSR count). The summed E-state index contributed by atoms with van der Waals surface area (Å²) >= 11 is 0. The minimum atomic E-state index is -0.196. The van der Waals surface area contributed by atoms with Crippen LogP contribution in [0.15, 0.2) is 41.0 Å². The number of furan rings is 1. The quantitative estimate of drug-likeness (QED) is 0.303. The standard InChI is InChI=1S/C30H35NO5/c1-7-35-28-21(5)29-25(26(17-36-29)23-9-8-18(2)14-19(23)3)16-24(28)20(4)15-27(32)31-12-10-22(11-13-31)30(33)34-6/h8-9,14-17,22H,7,10-13H2,1-6H3/b20-15+. The van der Waals surface area contributed by atoms with Crippen molar-refractivity contribution in [2.24, 2.45) is 5.92 Å². The van der Waals surface area contributed by atoms with Gasteiger partial charge >= 0.3 is 5.97 Å². The van der Waals surface area contributed by atoms with Crippen molar-refractivity contribution in [3.05, 3.63) is 58.9 Å². The van der Waals surface area contributed by atoms with Gasteiger partial charge in [0.05, 0.1) is 25.9 Å². The number of carbonyl (C=O) groups excluding carboxylic acids is 2. The lowest BCUT2D eigenvalue weighted by Crippen LogP contribution is -2.39. The Kier molecular flexibility index (Phi) is 7.53. The Morgan fingerprint density at radius 3 is 2.47 bits per heavy atom. The molecule has 1 amide bonds. The van der Waals surface area contributed by atoms with Gasteiger partial charge in [-0.3, -0.25) is 9.59 Å². The number of benzene rings is 2. The first-order valence-corrected chi connectivity index (χ1v) is 12.6. The minimum absolute atomic E-state index is 0.0576. The van der Waals surface area contributed by atoms with Gasteiger partial charge in [0, 0.05) is 41.2 Å². The molecule has 0 unspecified atom stereocenters. The SMILES string of the molecule is CCOc1c(/C(C)=C/C(=O)N2CCC(C(=O)OC)CC2)cc2c(-c3ccc(C)cc3C)coc2c1C. The van der Waals surface area contributed by atoms with Gasteiger partial charge in [-0.05, 0) is 70.2 Å². The number of hydrogen-bond acceptors (Lipinski definition) is 5. The monoisotopic (exact) mass is 489 g/mol. The fourth-order valence-corrected chi connectivity index (χ4v) is 5.12. The molecular formula is C30H35NO5. The van der Waals surface area contributed by atoms with Crippen molar-refractivity contribution < 1.29 is 23.5 Å². The number of nitrogens with zero attached hydrogens (tertiary/aromatic N) is 1. The van der Waals surface area contributed by atoms with Crippen LogP contribution in [-0.2, 0) is 14.3 Å². The third kappa shape index (κ3) is 4.90. The average Bonchev–Trinajstić information content (AvgIpc) is 3.29. The molecule has 36 heavy (non-hydrogen) atoms. The number of piperidine rings is 1. The normalized spacial score (nSPS) is 14.8. The molecule has 6 nitrogen and oxygen atoms in total. The van der Waals surface area contributed by atoms with Crippen molar-refractivity contribution in [2.45, 2.75) is 47.5 Å². The molecule has 0 aliphatic carbocycles. The largest absolute Gasteiger partial charge is 0.493 e. The van der Waals surface area contributed by atoms with Crippen LogP contribution in [0.1, 0.15) is 48.9 Å². The molecule has 1 aliphatic rings. The summed E-state index contributed by atoms with van der Waals surface area (Å²) in [5.74, 6) is 0.345. The van der Waals surface area contributed by atoms with E-state index in [2.05, 4.69) is 38.1 Å². The molecule has 2 heterocycles. The topological polar surface area (TPSA) is 69.0 Å². The van der Waals surface area contributed by atoms with E-state index in [9.17, 15) is 9.59 Å². The highest BCUT2D eigenvalue weighted by molar-refractivity contribution is 6.02. The molecule has 1 aliphatic heterocycles. The lowest BCUT2D eigenvalue weighted by molar-refractivity contribution is -0.148. The molecule has 1 saturated heterocycles. The summed E-state index contributed by atoms with van der Waals surface area (Å²) in [6.07, 6.45) is 4.73. The van der Waals surface area contributed by atoms with Crippen molar-refractivity contribution in [1.82, 2.24) is 4.90 Å². The highest BCUT2D eigenvalue weighted by Gasteiger charge is 2.27. The van der Waals surface area contributed by atoms with Gasteiger partial charge in [0.1, 0.15) is 11.3 Å². The Hall–Kier alpha value is -3.54. The number of carbonyl (C=O) groups is 2. The second-order valence-electron chi connectivity index (χ2n) is 9.61. The number of esters is 1. The van der Waals surface area contributed by atoms with Crippen LogP contribution in [0.4, 0.5) is 0 Å². The second kappa shape index (κ2) is 10.6. The molecule has 0 bridgehead atoms. The van der Waals surface area contributed by atoms with Crippen LogP contribution in [0.5, 0.6) is 5.75 Å². The van der Waals surface area contributed by atoms with Crippen LogP contribution in [0, 0.1) is 26.7 Å². The minimum Gasteiger partial charge on any atom is -0.493 e. The summed E-state index contributed by atoms with van der Waals surface area (Å²) in [7, 11) is 1.41. The number of allylic oxidation sites excluding steroid dienone is 1. The van der Waals surface area contributed by atoms with Crippen LogP contribution in [-0.4, -0.2) is 43.6 Å². The van der Waals surface area contributed by atoms with Crippen molar-refractivity contribution >= 4 is 28.4 Å². The molecule has 2 aromatic carbocycles. The predicted molar refractivity (Wildman–Crippen MR) is 142 cm³/mol. The van der Waals surface area contributed by atoms with E-state index in [4.69, 9.17) is 13.9 Å². The Bertz CT molecular complexity index is 1320. The van der Waals surface area contributed by atoms with E-state index in [-0.39, 0.29) is 17.8 Å². The highest BCUT2D eigenvalue weighted by atomic mass is 16.5. The zero-order valence-electron chi connectivity index (χ0n) is 22.1. The van der Waals surface area contributed by atoms with Crippen molar-refractivity contribution in [3.8, 4) is 16.9 Å². The summed E-state index contributed by atoms with van der Waals surface area (Å²) in [6.45, 7) is 11.7. The van der Waals surface area contributed by atoms with Crippen molar-refractivity contribution in [2.75, 3.05) is 26.8 Å². The highest BCUT2D eigenvalue weighted by Crippen LogP contribution is 2.41. The number of ether oxygens (including phenoxy) is 2. The first kappa shape index (κ1) is 25.5. The molecule has 6 heteroatoms. The smallest absolute Gasteiger partial charge is 0.308 e. The number of fused-ring (bicyclic) bond motifs is 1. The molecule has 3 aromatic rings. The van der Waals surface area contributed by atoms with E-state index in [0.717, 1.165) is 44.5 Å². The Morgan fingerprint density at radius 1 is 1.11 bits per heavy atom. The lowest BCUT2D eigenvalue weighted by atomic mass is 9.94. The fraction of sp³-hybridized carbons (Fsp3) is 0.400. The van der Waals surface area contributed by atoms with E-state index in [1.807, 2.05) is 27.0 Å². The third-order valence-electron chi connectivity index (χ3n) is 7.11. The molecule has 1 aromatic heterocycles. The van der Waals surface area contributed by atoms with Gasteiger partial charge in [0.2, 0.25) is 5.91 Å². The molecular weight excluding hydrogens is 454 g/mol. The maximum atomic E-state index is 13.1. The fourth-order valence-electron chi connectivity index (χ4n) is 5.12. The molecule has 0 spiro atoms. The summed E-state index contributed by atoms with van der Waals surface area (Å²) < 4.78 is 17.0. The zero-order chi connectivity index (χ0) is 26.0. The summed E-state index contributed by atoms with van der Waals surface area (Å²) in [6, 6.07) is 8.49. The third-order valence-corrected chi connectivity index (χ3v) is 7.11. The van der Waals surface area contributed by atoms with Gasteiger partial charge in [-0.2, -0.15) is 0 Å². The molecule has 0 radical (unpaired) electrons. The van der Waals surface area contributed by atoms with Crippen LogP contribution in [0.3, 0.4) is 0 Å². The van der Waals surface area contributed by atoms with E-state index in [0.29, 0.717) is 32.5 Å². The number of likely N-dealkylation sites (tertiary alicyclic amines) is 1. The van der Waals surface area contributed by atoms with Gasteiger partial charge in [0.15, 0.2) is 0 Å². The first-order valence-electron chi connectivity index (χ1n) is 12.6.